The van der Waals surface area contributed by atoms with Gasteiger partial charge in [-0.2, -0.15) is 0 Å². The first-order valence-corrected chi connectivity index (χ1v) is 8.21. The lowest BCUT2D eigenvalue weighted by atomic mass is 9.93. The number of hydrogen-bond acceptors (Lipinski definition) is 3. The molecular weight excluding hydrogens is 384 g/mol. The summed E-state index contributed by atoms with van der Waals surface area (Å²) < 4.78 is 7.26. The molecule has 20 heavy (non-hydrogen) atoms. The van der Waals surface area contributed by atoms with Gasteiger partial charge in [0.25, 0.3) is 0 Å². The molecular formula is C15H24Br2N2O. The average molecular weight is 408 g/mol. The molecule has 3 nitrogen and oxygen atoms in total. The van der Waals surface area contributed by atoms with Crippen LogP contribution in [0.25, 0.3) is 0 Å². The molecule has 0 unspecified atom stereocenters. The highest BCUT2D eigenvalue weighted by Crippen LogP contribution is 2.34. The van der Waals surface area contributed by atoms with Crippen molar-refractivity contribution >= 4 is 31.9 Å². The van der Waals surface area contributed by atoms with Gasteiger partial charge in [0.05, 0.1) is 16.1 Å². The van der Waals surface area contributed by atoms with E-state index >= 15 is 0 Å². The van der Waals surface area contributed by atoms with Gasteiger partial charge in [-0.15, -0.1) is 0 Å². The number of rotatable bonds is 7. The summed E-state index contributed by atoms with van der Waals surface area (Å²) in [4.78, 5) is 2.22. The van der Waals surface area contributed by atoms with Crippen LogP contribution in [0, 0.1) is 5.41 Å². The minimum absolute atomic E-state index is 0.254. The molecule has 0 radical (unpaired) electrons. The van der Waals surface area contributed by atoms with Gasteiger partial charge < -0.3 is 15.0 Å². The Bertz CT molecular complexity index is 424. The van der Waals surface area contributed by atoms with Crippen LogP contribution in [0.5, 0.6) is 5.75 Å². The molecule has 0 aliphatic rings. The largest absolute Gasteiger partial charge is 0.494 e. The molecule has 0 saturated carbocycles. The first-order valence-electron chi connectivity index (χ1n) is 6.62. The Kier molecular flexibility index (Phi) is 6.98. The van der Waals surface area contributed by atoms with Gasteiger partial charge in [-0.25, -0.2) is 0 Å². The quantitative estimate of drug-likeness (QED) is 0.741. The number of halogens is 2. The molecule has 1 N–H and O–H groups in total. The van der Waals surface area contributed by atoms with Crippen LogP contribution >= 0.6 is 31.9 Å². The SMILES string of the molecule is COc1c(Br)cc(CNCC(C)(C)CN(C)C)cc1Br. The van der Waals surface area contributed by atoms with E-state index in [0.717, 1.165) is 34.3 Å². The van der Waals surface area contributed by atoms with Crippen molar-refractivity contribution in [1.29, 1.82) is 0 Å². The first-order chi connectivity index (χ1) is 9.25. The van der Waals surface area contributed by atoms with Gasteiger partial charge in [0.1, 0.15) is 5.75 Å². The Labute approximate surface area is 139 Å². The fourth-order valence-corrected chi connectivity index (χ4v) is 3.97. The molecule has 0 spiro atoms. The second kappa shape index (κ2) is 7.78. The molecule has 0 bridgehead atoms. The Hall–Kier alpha value is -0.100. The summed E-state index contributed by atoms with van der Waals surface area (Å²) in [5.41, 5.74) is 1.48. The van der Waals surface area contributed by atoms with Crippen molar-refractivity contribution in [1.82, 2.24) is 10.2 Å². The van der Waals surface area contributed by atoms with Gasteiger partial charge in [0.2, 0.25) is 0 Å². The van der Waals surface area contributed by atoms with Crippen LogP contribution in [0.2, 0.25) is 0 Å². The van der Waals surface area contributed by atoms with E-state index in [1.54, 1.807) is 7.11 Å². The summed E-state index contributed by atoms with van der Waals surface area (Å²) in [6, 6.07) is 4.19. The predicted molar refractivity (Wildman–Crippen MR) is 92.4 cm³/mol. The monoisotopic (exact) mass is 406 g/mol. The molecule has 114 valence electrons. The lowest BCUT2D eigenvalue weighted by Crippen LogP contribution is -2.37. The number of nitrogens with zero attached hydrogens (tertiary/aromatic N) is 1. The molecule has 1 aromatic carbocycles. The van der Waals surface area contributed by atoms with E-state index in [-0.39, 0.29) is 5.41 Å². The zero-order valence-electron chi connectivity index (χ0n) is 12.9. The van der Waals surface area contributed by atoms with Gasteiger partial charge in [-0.1, -0.05) is 13.8 Å². The lowest BCUT2D eigenvalue weighted by molar-refractivity contribution is 0.232. The number of hydrogen-bond donors (Lipinski definition) is 1. The van der Waals surface area contributed by atoms with Crippen molar-refractivity contribution in [2.45, 2.75) is 20.4 Å². The summed E-state index contributed by atoms with van der Waals surface area (Å²) in [5.74, 6) is 0.835. The lowest BCUT2D eigenvalue weighted by Gasteiger charge is -2.28. The van der Waals surface area contributed by atoms with Crippen LogP contribution < -0.4 is 10.1 Å². The van der Waals surface area contributed by atoms with E-state index in [4.69, 9.17) is 4.74 Å². The topological polar surface area (TPSA) is 24.5 Å². The highest BCUT2D eigenvalue weighted by atomic mass is 79.9. The fraction of sp³-hybridized carbons (Fsp3) is 0.600. The maximum absolute atomic E-state index is 5.31. The van der Waals surface area contributed by atoms with Crippen LogP contribution in [-0.2, 0) is 6.54 Å². The van der Waals surface area contributed by atoms with E-state index < -0.39 is 0 Å². The van der Waals surface area contributed by atoms with Crippen molar-refractivity contribution < 1.29 is 4.74 Å². The van der Waals surface area contributed by atoms with Crippen LogP contribution in [0.1, 0.15) is 19.4 Å². The summed E-state index contributed by atoms with van der Waals surface area (Å²) >= 11 is 7.07. The van der Waals surface area contributed by atoms with Gasteiger partial charge in [-0.3, -0.25) is 0 Å². The van der Waals surface area contributed by atoms with Gasteiger partial charge in [0, 0.05) is 19.6 Å². The van der Waals surface area contributed by atoms with Gasteiger partial charge in [0.15, 0.2) is 0 Å². The minimum atomic E-state index is 0.254. The van der Waals surface area contributed by atoms with Gasteiger partial charge in [-0.05, 0) is 69.1 Å². The molecule has 1 rings (SSSR count). The Morgan fingerprint density at radius 3 is 2.20 bits per heavy atom. The second-order valence-corrected chi connectivity index (χ2v) is 7.81. The maximum atomic E-state index is 5.31. The van der Waals surface area contributed by atoms with Crippen LogP contribution in [0.15, 0.2) is 21.1 Å². The van der Waals surface area contributed by atoms with Crippen molar-refractivity contribution in [3.8, 4) is 5.75 Å². The second-order valence-electron chi connectivity index (χ2n) is 6.10. The van der Waals surface area contributed by atoms with E-state index in [2.05, 4.69) is 82.2 Å². The molecule has 0 heterocycles. The number of benzene rings is 1. The third-order valence-corrected chi connectivity index (χ3v) is 4.12. The van der Waals surface area contributed by atoms with Crippen molar-refractivity contribution in [2.24, 2.45) is 5.41 Å². The summed E-state index contributed by atoms with van der Waals surface area (Å²) in [6.07, 6.45) is 0. The van der Waals surface area contributed by atoms with E-state index in [0.29, 0.717) is 0 Å². The first kappa shape index (κ1) is 18.0. The molecule has 0 atom stereocenters. The van der Waals surface area contributed by atoms with Crippen molar-refractivity contribution in [3.63, 3.8) is 0 Å². The minimum Gasteiger partial charge on any atom is -0.494 e. The molecule has 0 aliphatic heterocycles. The molecule has 0 fully saturated rings. The Morgan fingerprint density at radius 2 is 1.75 bits per heavy atom. The summed E-state index contributed by atoms with van der Waals surface area (Å²) in [7, 11) is 5.89. The normalized spacial score (nSPS) is 12.0. The third-order valence-electron chi connectivity index (χ3n) is 2.94. The van der Waals surface area contributed by atoms with E-state index in [1.165, 1.54) is 5.56 Å². The molecule has 5 heteroatoms. The van der Waals surface area contributed by atoms with Crippen LogP contribution in [0.3, 0.4) is 0 Å². The standard InChI is InChI=1S/C15H24Br2N2O/c1-15(2,10-19(3)4)9-18-8-11-6-12(16)14(20-5)13(17)7-11/h6-7,18H,8-10H2,1-5H3. The predicted octanol–water partition coefficient (Wildman–Crippen LogP) is 3.90. The number of ether oxygens (including phenoxy) is 1. The summed E-state index contributed by atoms with van der Waals surface area (Å²) in [6.45, 7) is 7.44. The smallest absolute Gasteiger partial charge is 0.147 e. The number of methoxy groups -OCH3 is 1. The molecule has 0 amide bonds. The number of nitrogens with one attached hydrogen (secondary N) is 1. The fourth-order valence-electron chi connectivity index (χ4n) is 2.37. The van der Waals surface area contributed by atoms with Crippen LogP contribution in [0.4, 0.5) is 0 Å². The van der Waals surface area contributed by atoms with E-state index in [1.807, 2.05) is 0 Å². The zero-order chi connectivity index (χ0) is 15.3. The Balaban J connectivity index is 2.59. The van der Waals surface area contributed by atoms with Gasteiger partial charge >= 0.3 is 0 Å². The zero-order valence-corrected chi connectivity index (χ0v) is 16.1. The third kappa shape index (κ3) is 5.72. The Morgan fingerprint density at radius 1 is 1.20 bits per heavy atom. The van der Waals surface area contributed by atoms with Crippen LogP contribution in [-0.4, -0.2) is 39.2 Å². The highest BCUT2D eigenvalue weighted by Gasteiger charge is 2.18. The summed E-state index contributed by atoms with van der Waals surface area (Å²) in [5, 5.41) is 3.53. The molecule has 1 aromatic rings. The van der Waals surface area contributed by atoms with E-state index in [9.17, 15) is 0 Å². The molecule has 0 saturated heterocycles. The average Bonchev–Trinajstić information content (AvgIpc) is 2.26. The molecule has 0 aliphatic carbocycles. The highest BCUT2D eigenvalue weighted by molar-refractivity contribution is 9.11. The van der Waals surface area contributed by atoms with Crippen molar-refractivity contribution in [3.05, 3.63) is 26.6 Å². The maximum Gasteiger partial charge on any atom is 0.147 e. The molecule has 0 aromatic heterocycles. The van der Waals surface area contributed by atoms with Crippen molar-refractivity contribution in [2.75, 3.05) is 34.3 Å².